The first-order valence-corrected chi connectivity index (χ1v) is 8.85. The normalized spacial score (nSPS) is 16.3. The standard InChI is InChI=1S/C20H20N4O3/c1-26-16-10-5-9-15(13-16)21-20(25)24-12-6-11-17(24)19-22-18(23-27-19)14-7-3-2-4-8-14/h2-5,7-10,13,17H,6,11-12H2,1H3,(H,21,25). The van der Waals surface area contributed by atoms with Crippen LogP contribution in [0.3, 0.4) is 0 Å². The van der Waals surface area contributed by atoms with Crippen LogP contribution in [0.15, 0.2) is 59.1 Å². The average Bonchev–Trinajstić information content (AvgIpc) is 3.38. The van der Waals surface area contributed by atoms with Crippen molar-refractivity contribution in [1.29, 1.82) is 0 Å². The Morgan fingerprint density at radius 1 is 1.22 bits per heavy atom. The molecule has 1 fully saturated rings. The van der Waals surface area contributed by atoms with Crippen LogP contribution in [0.1, 0.15) is 24.8 Å². The molecule has 1 aliphatic rings. The molecule has 1 N–H and O–H groups in total. The predicted molar refractivity (Wildman–Crippen MR) is 100 cm³/mol. The van der Waals surface area contributed by atoms with Gasteiger partial charge in [0.2, 0.25) is 11.7 Å². The molecule has 1 aromatic heterocycles. The SMILES string of the molecule is COc1cccc(NC(=O)N2CCCC2c2nc(-c3ccccc3)no2)c1. The van der Waals surface area contributed by atoms with Crippen LogP contribution in [0.25, 0.3) is 11.4 Å². The summed E-state index contributed by atoms with van der Waals surface area (Å²) in [4.78, 5) is 19.0. The minimum absolute atomic E-state index is 0.190. The summed E-state index contributed by atoms with van der Waals surface area (Å²) in [5.74, 6) is 1.69. The summed E-state index contributed by atoms with van der Waals surface area (Å²) in [6.45, 7) is 0.642. The van der Waals surface area contributed by atoms with E-state index in [-0.39, 0.29) is 12.1 Å². The Morgan fingerprint density at radius 3 is 2.89 bits per heavy atom. The van der Waals surface area contributed by atoms with E-state index >= 15 is 0 Å². The lowest BCUT2D eigenvalue weighted by Crippen LogP contribution is -2.34. The summed E-state index contributed by atoms with van der Waals surface area (Å²) in [5.41, 5.74) is 1.57. The van der Waals surface area contributed by atoms with Crippen LogP contribution in [-0.2, 0) is 0 Å². The van der Waals surface area contributed by atoms with Crippen LogP contribution in [0.2, 0.25) is 0 Å². The van der Waals surface area contributed by atoms with Gasteiger partial charge in [-0.3, -0.25) is 0 Å². The first-order chi connectivity index (χ1) is 13.2. The highest BCUT2D eigenvalue weighted by Crippen LogP contribution is 2.32. The third-order valence-electron chi connectivity index (χ3n) is 4.59. The van der Waals surface area contributed by atoms with Gasteiger partial charge in [-0.05, 0) is 25.0 Å². The molecule has 1 unspecified atom stereocenters. The third kappa shape index (κ3) is 3.62. The summed E-state index contributed by atoms with van der Waals surface area (Å²) < 4.78 is 10.7. The second kappa shape index (κ2) is 7.49. The van der Waals surface area contributed by atoms with Gasteiger partial charge in [-0.2, -0.15) is 4.98 Å². The molecule has 2 amide bonds. The van der Waals surface area contributed by atoms with Gasteiger partial charge in [0.1, 0.15) is 11.8 Å². The number of benzene rings is 2. The molecule has 1 atom stereocenters. The number of urea groups is 1. The molecule has 7 nitrogen and oxygen atoms in total. The van der Waals surface area contributed by atoms with Gasteiger partial charge in [-0.1, -0.05) is 41.6 Å². The zero-order valence-electron chi connectivity index (χ0n) is 15.0. The molecule has 1 saturated heterocycles. The van der Waals surface area contributed by atoms with Crippen molar-refractivity contribution in [2.24, 2.45) is 0 Å². The lowest BCUT2D eigenvalue weighted by molar-refractivity contribution is 0.193. The van der Waals surface area contributed by atoms with Crippen molar-refractivity contribution < 1.29 is 14.1 Å². The van der Waals surface area contributed by atoms with Gasteiger partial charge in [-0.15, -0.1) is 0 Å². The second-order valence-electron chi connectivity index (χ2n) is 6.34. The van der Waals surface area contributed by atoms with Crippen molar-refractivity contribution in [2.75, 3.05) is 19.0 Å². The number of likely N-dealkylation sites (tertiary alicyclic amines) is 1. The van der Waals surface area contributed by atoms with Crippen molar-refractivity contribution in [2.45, 2.75) is 18.9 Å². The van der Waals surface area contributed by atoms with E-state index in [1.807, 2.05) is 48.5 Å². The summed E-state index contributed by atoms with van der Waals surface area (Å²) in [5, 5.41) is 6.98. The van der Waals surface area contributed by atoms with Gasteiger partial charge < -0.3 is 19.5 Å². The number of rotatable bonds is 4. The maximum absolute atomic E-state index is 12.8. The largest absolute Gasteiger partial charge is 0.497 e. The number of anilines is 1. The average molecular weight is 364 g/mol. The van der Waals surface area contributed by atoms with E-state index in [0.29, 0.717) is 29.7 Å². The minimum Gasteiger partial charge on any atom is -0.497 e. The molecule has 0 bridgehead atoms. The first-order valence-electron chi connectivity index (χ1n) is 8.85. The number of hydrogen-bond donors (Lipinski definition) is 1. The number of carbonyl (C=O) groups is 1. The van der Waals surface area contributed by atoms with E-state index in [4.69, 9.17) is 9.26 Å². The highest BCUT2D eigenvalue weighted by Gasteiger charge is 2.34. The van der Waals surface area contributed by atoms with E-state index < -0.39 is 0 Å². The van der Waals surface area contributed by atoms with Gasteiger partial charge in [0.25, 0.3) is 0 Å². The molecule has 0 aliphatic carbocycles. The predicted octanol–water partition coefficient (Wildman–Crippen LogP) is 4.11. The van der Waals surface area contributed by atoms with Crippen LogP contribution >= 0.6 is 0 Å². The molecule has 2 aromatic carbocycles. The lowest BCUT2D eigenvalue weighted by Gasteiger charge is -2.22. The Balaban J connectivity index is 1.50. The number of nitrogens with one attached hydrogen (secondary N) is 1. The molecule has 0 radical (unpaired) electrons. The van der Waals surface area contributed by atoms with Gasteiger partial charge in [0, 0.05) is 23.9 Å². The molecule has 1 aliphatic heterocycles. The summed E-state index contributed by atoms with van der Waals surface area (Å²) in [7, 11) is 1.59. The van der Waals surface area contributed by atoms with Crippen molar-refractivity contribution in [3.63, 3.8) is 0 Å². The molecule has 27 heavy (non-hydrogen) atoms. The number of nitrogens with zero attached hydrogens (tertiary/aromatic N) is 3. The van der Waals surface area contributed by atoms with Crippen LogP contribution < -0.4 is 10.1 Å². The Morgan fingerprint density at radius 2 is 2.07 bits per heavy atom. The van der Waals surface area contributed by atoms with Crippen LogP contribution in [-0.4, -0.2) is 34.7 Å². The Labute approximate surface area is 156 Å². The van der Waals surface area contributed by atoms with Gasteiger partial charge in [-0.25, -0.2) is 4.79 Å². The molecule has 0 saturated carbocycles. The summed E-state index contributed by atoms with van der Waals surface area (Å²) in [6, 6.07) is 16.5. The second-order valence-corrected chi connectivity index (χ2v) is 6.34. The molecular formula is C20H20N4O3. The number of aromatic nitrogens is 2. The van der Waals surface area contributed by atoms with Crippen LogP contribution in [0.4, 0.5) is 10.5 Å². The Hall–Kier alpha value is -3.35. The summed E-state index contributed by atoms with van der Waals surface area (Å²) >= 11 is 0. The topological polar surface area (TPSA) is 80.5 Å². The third-order valence-corrected chi connectivity index (χ3v) is 4.59. The molecule has 2 heterocycles. The minimum atomic E-state index is -0.222. The van der Waals surface area contributed by atoms with Crippen molar-refractivity contribution in [1.82, 2.24) is 15.0 Å². The molecule has 4 rings (SSSR count). The zero-order chi connectivity index (χ0) is 18.6. The number of carbonyl (C=O) groups excluding carboxylic acids is 1. The Bertz CT molecular complexity index is 926. The highest BCUT2D eigenvalue weighted by molar-refractivity contribution is 5.90. The van der Waals surface area contributed by atoms with Crippen molar-refractivity contribution >= 4 is 11.7 Å². The molecule has 138 valence electrons. The van der Waals surface area contributed by atoms with Gasteiger partial charge >= 0.3 is 6.03 Å². The first kappa shape index (κ1) is 17.1. The summed E-state index contributed by atoms with van der Waals surface area (Å²) in [6.07, 6.45) is 1.68. The fourth-order valence-corrected chi connectivity index (χ4v) is 3.24. The van der Waals surface area contributed by atoms with Crippen LogP contribution in [0.5, 0.6) is 5.75 Å². The smallest absolute Gasteiger partial charge is 0.322 e. The Kier molecular flexibility index (Phi) is 4.74. The van der Waals surface area contributed by atoms with Crippen LogP contribution in [0, 0.1) is 0 Å². The zero-order valence-corrected chi connectivity index (χ0v) is 15.0. The van der Waals surface area contributed by atoms with E-state index in [2.05, 4.69) is 15.5 Å². The fourth-order valence-electron chi connectivity index (χ4n) is 3.24. The van der Waals surface area contributed by atoms with Gasteiger partial charge in [0.15, 0.2) is 0 Å². The highest BCUT2D eigenvalue weighted by atomic mass is 16.5. The van der Waals surface area contributed by atoms with E-state index in [0.717, 1.165) is 18.4 Å². The molecule has 3 aromatic rings. The lowest BCUT2D eigenvalue weighted by atomic mass is 10.2. The van der Waals surface area contributed by atoms with Crippen molar-refractivity contribution in [3.8, 4) is 17.1 Å². The molecular weight excluding hydrogens is 344 g/mol. The van der Waals surface area contributed by atoms with E-state index in [1.165, 1.54) is 0 Å². The monoisotopic (exact) mass is 364 g/mol. The molecule has 0 spiro atoms. The maximum Gasteiger partial charge on any atom is 0.322 e. The number of methoxy groups -OCH3 is 1. The maximum atomic E-state index is 12.8. The number of ether oxygens (including phenoxy) is 1. The molecule has 7 heteroatoms. The fraction of sp³-hybridized carbons (Fsp3) is 0.250. The van der Waals surface area contributed by atoms with E-state index in [1.54, 1.807) is 18.1 Å². The number of hydrogen-bond acceptors (Lipinski definition) is 5. The van der Waals surface area contributed by atoms with E-state index in [9.17, 15) is 4.79 Å². The van der Waals surface area contributed by atoms with Crippen molar-refractivity contribution in [3.05, 3.63) is 60.5 Å². The quantitative estimate of drug-likeness (QED) is 0.753. The van der Waals surface area contributed by atoms with Gasteiger partial charge in [0.05, 0.1) is 7.11 Å². The number of amides is 2.